The number of anilines is 1. The zero-order valence-corrected chi connectivity index (χ0v) is 9.64. The summed E-state index contributed by atoms with van der Waals surface area (Å²) in [4.78, 5) is 15.6. The molecule has 0 aromatic carbocycles. The topological polar surface area (TPSA) is 42.0 Å². The van der Waals surface area contributed by atoms with Gasteiger partial charge in [-0.25, -0.2) is 4.98 Å². The van der Waals surface area contributed by atoms with Gasteiger partial charge < -0.3 is 5.32 Å². The van der Waals surface area contributed by atoms with Gasteiger partial charge in [0.1, 0.15) is 5.15 Å². The van der Waals surface area contributed by atoms with Crippen molar-refractivity contribution in [3.63, 3.8) is 0 Å². The highest BCUT2D eigenvalue weighted by Crippen LogP contribution is 2.27. The lowest BCUT2D eigenvalue weighted by Gasteiger charge is -2.09. The zero-order chi connectivity index (χ0) is 10.7. The maximum absolute atomic E-state index is 11.7. The summed E-state index contributed by atoms with van der Waals surface area (Å²) < 4.78 is 0. The lowest BCUT2D eigenvalue weighted by molar-refractivity contribution is -0.115. The molecule has 1 aromatic heterocycles. The maximum Gasteiger partial charge on any atom is 0.237 e. The molecule has 0 bridgehead atoms. The molecule has 0 saturated carbocycles. The Balaban J connectivity index is 1.99. The fourth-order valence-corrected chi connectivity index (χ4v) is 2.82. The number of pyridine rings is 1. The Labute approximate surface area is 97.6 Å². The van der Waals surface area contributed by atoms with Gasteiger partial charge in [-0.15, -0.1) is 11.8 Å². The minimum atomic E-state index is 0.0692. The van der Waals surface area contributed by atoms with Crippen LogP contribution in [0, 0.1) is 0 Å². The van der Waals surface area contributed by atoms with Crippen molar-refractivity contribution in [1.82, 2.24) is 4.98 Å². The van der Waals surface area contributed by atoms with Gasteiger partial charge in [-0.2, -0.15) is 0 Å². The van der Waals surface area contributed by atoms with Crippen LogP contribution in [-0.2, 0) is 4.79 Å². The third-order valence-corrected chi connectivity index (χ3v) is 3.80. The van der Waals surface area contributed by atoms with Crippen LogP contribution in [0.15, 0.2) is 18.3 Å². The number of halogens is 1. The van der Waals surface area contributed by atoms with Crippen molar-refractivity contribution in [2.75, 3.05) is 11.1 Å². The molecule has 80 valence electrons. The van der Waals surface area contributed by atoms with Crippen molar-refractivity contribution in [3.05, 3.63) is 23.5 Å². The number of aromatic nitrogens is 1. The summed E-state index contributed by atoms with van der Waals surface area (Å²) in [5.41, 5.74) is 0.715. The van der Waals surface area contributed by atoms with Gasteiger partial charge in [-0.05, 0) is 30.7 Å². The number of carbonyl (C=O) groups excluding carboxylic acids is 1. The van der Waals surface area contributed by atoms with Gasteiger partial charge >= 0.3 is 0 Å². The summed E-state index contributed by atoms with van der Waals surface area (Å²) in [6.07, 6.45) is 3.68. The Kier molecular flexibility index (Phi) is 3.49. The van der Waals surface area contributed by atoms with E-state index in [1.165, 1.54) is 0 Å². The lowest BCUT2D eigenvalue weighted by atomic mass is 10.2. The molecule has 1 unspecified atom stereocenters. The van der Waals surface area contributed by atoms with E-state index in [2.05, 4.69) is 10.3 Å². The predicted molar refractivity (Wildman–Crippen MR) is 63.4 cm³/mol. The molecule has 1 N–H and O–H groups in total. The number of carbonyl (C=O) groups is 1. The van der Waals surface area contributed by atoms with Crippen LogP contribution in [0.1, 0.15) is 12.8 Å². The third-order valence-electron chi connectivity index (χ3n) is 2.22. The normalized spacial score (nSPS) is 20.2. The fraction of sp³-hybridized carbons (Fsp3) is 0.400. The van der Waals surface area contributed by atoms with Crippen molar-refractivity contribution >= 4 is 35.0 Å². The minimum absolute atomic E-state index is 0.0692. The molecular weight excluding hydrogens is 232 g/mol. The van der Waals surface area contributed by atoms with E-state index in [0.717, 1.165) is 18.6 Å². The van der Waals surface area contributed by atoms with Gasteiger partial charge in [0, 0.05) is 11.9 Å². The maximum atomic E-state index is 11.7. The van der Waals surface area contributed by atoms with E-state index >= 15 is 0 Å². The lowest BCUT2D eigenvalue weighted by Crippen LogP contribution is -2.22. The number of hydrogen-bond acceptors (Lipinski definition) is 3. The summed E-state index contributed by atoms with van der Waals surface area (Å²) >= 11 is 7.43. The van der Waals surface area contributed by atoms with E-state index in [-0.39, 0.29) is 11.2 Å². The smallest absolute Gasteiger partial charge is 0.237 e. The molecule has 1 atom stereocenters. The van der Waals surface area contributed by atoms with Gasteiger partial charge in [0.25, 0.3) is 0 Å². The van der Waals surface area contributed by atoms with Crippen LogP contribution >= 0.6 is 23.4 Å². The summed E-state index contributed by atoms with van der Waals surface area (Å²) in [6.45, 7) is 0. The summed E-state index contributed by atoms with van der Waals surface area (Å²) in [6, 6.07) is 3.39. The quantitative estimate of drug-likeness (QED) is 0.811. The minimum Gasteiger partial charge on any atom is -0.325 e. The van der Waals surface area contributed by atoms with Gasteiger partial charge in [-0.1, -0.05) is 11.6 Å². The van der Waals surface area contributed by atoms with Gasteiger partial charge in [0.05, 0.1) is 5.25 Å². The van der Waals surface area contributed by atoms with Crippen molar-refractivity contribution in [3.8, 4) is 0 Å². The number of nitrogens with zero attached hydrogens (tertiary/aromatic N) is 1. The predicted octanol–water partition coefficient (Wildman–Crippen LogP) is 2.57. The standard InChI is InChI=1S/C10H11ClN2OS/c11-9-6-7(3-4-12-9)13-10(14)8-2-1-5-15-8/h3-4,6,8H,1-2,5H2,(H,12,13,14). The van der Waals surface area contributed by atoms with Gasteiger partial charge in [-0.3, -0.25) is 4.79 Å². The fourth-order valence-electron chi connectivity index (χ4n) is 1.49. The summed E-state index contributed by atoms with van der Waals surface area (Å²) in [7, 11) is 0. The average molecular weight is 243 g/mol. The Hall–Kier alpha value is -0.740. The molecule has 15 heavy (non-hydrogen) atoms. The molecule has 1 saturated heterocycles. The Morgan fingerprint density at radius 3 is 3.20 bits per heavy atom. The monoisotopic (exact) mass is 242 g/mol. The van der Waals surface area contributed by atoms with Crippen LogP contribution in [0.2, 0.25) is 5.15 Å². The highest BCUT2D eigenvalue weighted by Gasteiger charge is 2.23. The second-order valence-corrected chi connectivity index (χ2v) is 5.06. The number of amides is 1. The van der Waals surface area contributed by atoms with E-state index in [4.69, 9.17) is 11.6 Å². The molecule has 1 aliphatic heterocycles. The molecule has 0 radical (unpaired) electrons. The molecule has 2 heterocycles. The van der Waals surface area contributed by atoms with Crippen LogP contribution in [0.5, 0.6) is 0 Å². The van der Waals surface area contributed by atoms with Gasteiger partial charge in [0.2, 0.25) is 5.91 Å². The van der Waals surface area contributed by atoms with Crippen LogP contribution in [0.3, 0.4) is 0 Å². The average Bonchev–Trinajstić information content (AvgIpc) is 2.70. The van der Waals surface area contributed by atoms with Crippen LogP contribution < -0.4 is 5.32 Å². The second-order valence-electron chi connectivity index (χ2n) is 3.36. The van der Waals surface area contributed by atoms with Crippen LogP contribution in [0.25, 0.3) is 0 Å². The molecule has 0 spiro atoms. The van der Waals surface area contributed by atoms with Crippen molar-refractivity contribution < 1.29 is 4.79 Å². The first-order valence-corrected chi connectivity index (χ1v) is 6.22. The molecular formula is C10H11ClN2OS. The largest absolute Gasteiger partial charge is 0.325 e. The second kappa shape index (κ2) is 4.86. The van der Waals surface area contributed by atoms with Crippen molar-refractivity contribution in [2.45, 2.75) is 18.1 Å². The SMILES string of the molecule is O=C(Nc1ccnc(Cl)c1)C1CCCS1. The molecule has 0 aliphatic carbocycles. The number of rotatable bonds is 2. The van der Waals surface area contributed by atoms with Crippen molar-refractivity contribution in [2.24, 2.45) is 0 Å². The molecule has 2 rings (SSSR count). The van der Waals surface area contributed by atoms with E-state index in [9.17, 15) is 4.79 Å². The summed E-state index contributed by atoms with van der Waals surface area (Å²) in [5.74, 6) is 1.15. The Morgan fingerprint density at radius 1 is 1.67 bits per heavy atom. The molecule has 1 aliphatic rings. The highest BCUT2D eigenvalue weighted by atomic mass is 35.5. The Morgan fingerprint density at radius 2 is 2.53 bits per heavy atom. The first-order valence-electron chi connectivity index (χ1n) is 4.80. The molecule has 1 fully saturated rings. The van der Waals surface area contributed by atoms with E-state index < -0.39 is 0 Å². The zero-order valence-electron chi connectivity index (χ0n) is 8.07. The number of nitrogens with one attached hydrogen (secondary N) is 1. The molecule has 3 nitrogen and oxygen atoms in total. The highest BCUT2D eigenvalue weighted by molar-refractivity contribution is 8.00. The van der Waals surface area contributed by atoms with Gasteiger partial charge in [0.15, 0.2) is 0 Å². The van der Waals surface area contributed by atoms with E-state index in [1.54, 1.807) is 30.1 Å². The third kappa shape index (κ3) is 2.86. The Bertz CT molecular complexity index is 366. The van der Waals surface area contributed by atoms with Crippen LogP contribution in [-0.4, -0.2) is 21.9 Å². The first-order chi connectivity index (χ1) is 7.25. The summed E-state index contributed by atoms with van der Waals surface area (Å²) in [5, 5.41) is 3.33. The molecule has 1 amide bonds. The molecule has 1 aromatic rings. The number of hydrogen-bond donors (Lipinski definition) is 1. The first kappa shape index (κ1) is 10.8. The van der Waals surface area contributed by atoms with E-state index in [1.807, 2.05) is 0 Å². The van der Waals surface area contributed by atoms with Crippen molar-refractivity contribution in [1.29, 1.82) is 0 Å². The van der Waals surface area contributed by atoms with E-state index in [0.29, 0.717) is 10.8 Å². The number of thioether (sulfide) groups is 1. The van der Waals surface area contributed by atoms with Crippen LogP contribution in [0.4, 0.5) is 5.69 Å². The molecule has 5 heteroatoms.